The third-order valence-corrected chi connectivity index (χ3v) is 4.67. The van der Waals surface area contributed by atoms with Crippen LogP contribution in [0, 0.1) is 12.8 Å². The third kappa shape index (κ3) is 7.62. The fraction of sp³-hybridized carbons (Fsp3) is 0.500. The zero-order valence-corrected chi connectivity index (χ0v) is 13.4. The van der Waals surface area contributed by atoms with Gasteiger partial charge < -0.3 is 5.73 Å². The molecule has 1 unspecified atom stereocenters. The minimum atomic E-state index is -4.13. The Morgan fingerprint density at radius 1 is 1.16 bits per heavy atom. The molecule has 1 aromatic rings. The second-order valence-corrected chi connectivity index (χ2v) is 7.21. The molecule has 0 aliphatic carbocycles. The first kappa shape index (κ1) is 18.5. The molecule has 0 saturated carbocycles. The number of alkyl halides is 2. The van der Waals surface area contributed by atoms with E-state index in [9.17, 15) is 8.42 Å². The van der Waals surface area contributed by atoms with Crippen LogP contribution in [-0.2, 0) is 10.1 Å². The third-order valence-electron chi connectivity index (χ3n) is 2.33. The molecule has 0 aliphatic rings. The number of halogens is 2. The summed E-state index contributed by atoms with van der Waals surface area (Å²) in [7, 11) is -4.13. The summed E-state index contributed by atoms with van der Waals surface area (Å²) in [5.41, 5.74) is 7.51. The quantitative estimate of drug-likeness (QED) is 0.507. The van der Waals surface area contributed by atoms with Crippen LogP contribution in [0.25, 0.3) is 0 Å². The summed E-state index contributed by atoms with van der Waals surface area (Å²) in [5, 5.41) is -1.11. The smallest absolute Gasteiger partial charge is 0.270 e. The van der Waals surface area contributed by atoms with Crippen LogP contribution in [0.15, 0.2) is 24.3 Å². The monoisotopic (exact) mass is 327 g/mol. The molecule has 0 aromatic heterocycles. The lowest BCUT2D eigenvalue weighted by atomic mass is 10.1. The Hall–Kier alpha value is -0.490. The molecule has 1 atom stereocenters. The van der Waals surface area contributed by atoms with E-state index in [1.54, 1.807) is 13.8 Å². The number of rotatable bonds is 3. The summed E-state index contributed by atoms with van der Waals surface area (Å²) in [6.07, 6.45) is 0. The molecule has 0 heterocycles. The lowest BCUT2D eigenvalue weighted by Crippen LogP contribution is -2.32. The zero-order valence-electron chi connectivity index (χ0n) is 11.0. The lowest BCUT2D eigenvalue weighted by molar-refractivity contribution is 0.447. The minimum Gasteiger partial charge on any atom is -0.399 e. The Morgan fingerprint density at radius 3 is 1.74 bits per heavy atom. The Morgan fingerprint density at radius 2 is 1.58 bits per heavy atom. The van der Waals surface area contributed by atoms with Crippen molar-refractivity contribution in [2.75, 3.05) is 5.73 Å². The molecule has 110 valence electrons. The van der Waals surface area contributed by atoms with Gasteiger partial charge >= 0.3 is 0 Å². The maximum atomic E-state index is 10.6. The number of benzene rings is 1. The summed E-state index contributed by atoms with van der Waals surface area (Å²) < 4.78 is 29.8. The lowest BCUT2D eigenvalue weighted by Gasteiger charge is -2.17. The molecular formula is C12H19Cl2NO3S. The minimum absolute atomic E-state index is 0.301. The molecule has 19 heavy (non-hydrogen) atoms. The van der Waals surface area contributed by atoms with Gasteiger partial charge in [-0.3, -0.25) is 4.55 Å². The van der Waals surface area contributed by atoms with Crippen molar-refractivity contribution in [3.63, 3.8) is 0 Å². The number of nitrogens with two attached hydrogens (primary N) is 1. The SMILES string of the molecule is CC(C)C(C(Cl)Cl)S(=O)(=O)O.Cc1ccc(N)cc1. The molecule has 7 heteroatoms. The van der Waals surface area contributed by atoms with Crippen molar-refractivity contribution < 1.29 is 13.0 Å². The zero-order chi connectivity index (χ0) is 15.2. The van der Waals surface area contributed by atoms with Gasteiger partial charge in [0.05, 0.1) is 0 Å². The van der Waals surface area contributed by atoms with Gasteiger partial charge in [-0.25, -0.2) is 0 Å². The highest BCUT2D eigenvalue weighted by Gasteiger charge is 2.32. The van der Waals surface area contributed by atoms with Crippen molar-refractivity contribution >= 4 is 39.0 Å². The molecule has 1 rings (SSSR count). The predicted octanol–water partition coefficient (Wildman–Crippen LogP) is 3.28. The van der Waals surface area contributed by atoms with Crippen molar-refractivity contribution in [2.24, 2.45) is 5.92 Å². The van der Waals surface area contributed by atoms with Gasteiger partial charge in [0.25, 0.3) is 10.1 Å². The molecule has 0 fully saturated rings. The topological polar surface area (TPSA) is 80.4 Å². The summed E-state index contributed by atoms with van der Waals surface area (Å²) in [6.45, 7) is 5.28. The van der Waals surface area contributed by atoms with Crippen LogP contribution in [0.3, 0.4) is 0 Å². The summed E-state index contributed by atoms with van der Waals surface area (Å²) in [4.78, 5) is -1.09. The van der Waals surface area contributed by atoms with E-state index in [1.807, 2.05) is 31.2 Å². The average Bonchev–Trinajstić information content (AvgIpc) is 2.19. The Bertz CT molecular complexity index is 443. The highest BCUT2D eigenvalue weighted by molar-refractivity contribution is 7.86. The van der Waals surface area contributed by atoms with Gasteiger partial charge in [0.2, 0.25) is 0 Å². The normalized spacial score (nSPS) is 13.1. The van der Waals surface area contributed by atoms with Gasteiger partial charge in [0.15, 0.2) is 0 Å². The van der Waals surface area contributed by atoms with Crippen molar-refractivity contribution in [3.8, 4) is 0 Å². The van der Waals surface area contributed by atoms with Crippen LogP contribution >= 0.6 is 23.2 Å². The first-order chi connectivity index (χ1) is 8.55. The fourth-order valence-electron chi connectivity index (χ4n) is 1.33. The van der Waals surface area contributed by atoms with E-state index in [-0.39, 0.29) is 5.92 Å². The van der Waals surface area contributed by atoms with Crippen molar-refractivity contribution in [1.82, 2.24) is 0 Å². The van der Waals surface area contributed by atoms with E-state index in [2.05, 4.69) is 0 Å². The van der Waals surface area contributed by atoms with Gasteiger partial charge in [-0.2, -0.15) is 8.42 Å². The Kier molecular flexibility index (Phi) is 7.74. The molecule has 1 aromatic carbocycles. The first-order valence-electron chi connectivity index (χ1n) is 5.62. The van der Waals surface area contributed by atoms with Crippen molar-refractivity contribution in [3.05, 3.63) is 29.8 Å². The maximum Gasteiger partial charge on any atom is 0.270 e. The number of nitrogen functional groups attached to an aromatic ring is 1. The first-order valence-corrected chi connectivity index (χ1v) is 8.00. The number of hydrogen-bond donors (Lipinski definition) is 2. The van der Waals surface area contributed by atoms with Crippen LogP contribution in [0.5, 0.6) is 0 Å². The summed E-state index contributed by atoms with van der Waals surface area (Å²) in [6, 6.07) is 7.79. The number of anilines is 1. The van der Waals surface area contributed by atoms with Crippen LogP contribution in [0.1, 0.15) is 19.4 Å². The van der Waals surface area contributed by atoms with Gasteiger partial charge in [0.1, 0.15) is 10.1 Å². The maximum absolute atomic E-state index is 10.6. The van der Waals surface area contributed by atoms with E-state index in [0.29, 0.717) is 0 Å². The molecular weight excluding hydrogens is 309 g/mol. The number of aryl methyl sites for hydroxylation is 1. The molecule has 0 amide bonds. The van der Waals surface area contributed by atoms with Crippen LogP contribution in [0.4, 0.5) is 5.69 Å². The second-order valence-electron chi connectivity index (χ2n) is 4.47. The van der Waals surface area contributed by atoms with Crippen LogP contribution in [0.2, 0.25) is 0 Å². The molecule has 0 radical (unpaired) electrons. The molecule has 4 nitrogen and oxygen atoms in total. The van der Waals surface area contributed by atoms with E-state index < -0.39 is 20.2 Å². The molecule has 0 spiro atoms. The fourth-order valence-corrected chi connectivity index (χ4v) is 3.64. The van der Waals surface area contributed by atoms with E-state index >= 15 is 0 Å². The Balaban J connectivity index is 0.000000356. The highest BCUT2D eigenvalue weighted by atomic mass is 35.5. The summed E-state index contributed by atoms with van der Waals surface area (Å²) >= 11 is 10.7. The van der Waals surface area contributed by atoms with E-state index in [1.165, 1.54) is 5.56 Å². The van der Waals surface area contributed by atoms with E-state index in [4.69, 9.17) is 33.5 Å². The van der Waals surface area contributed by atoms with Crippen molar-refractivity contribution in [2.45, 2.75) is 30.9 Å². The molecule has 0 bridgehead atoms. The molecule has 3 N–H and O–H groups in total. The number of hydrogen-bond acceptors (Lipinski definition) is 3. The van der Waals surface area contributed by atoms with Crippen LogP contribution in [-0.4, -0.2) is 23.1 Å². The van der Waals surface area contributed by atoms with Crippen LogP contribution < -0.4 is 5.73 Å². The predicted molar refractivity (Wildman–Crippen MR) is 81.3 cm³/mol. The molecule has 0 aliphatic heterocycles. The summed E-state index contributed by atoms with van der Waals surface area (Å²) in [5.74, 6) is -0.301. The average molecular weight is 328 g/mol. The van der Waals surface area contributed by atoms with Gasteiger partial charge in [-0.1, -0.05) is 31.5 Å². The van der Waals surface area contributed by atoms with Crippen molar-refractivity contribution in [1.29, 1.82) is 0 Å². The standard InChI is InChI=1S/C7H9N.C5H10Cl2O3S/c1-6-2-4-7(8)5-3-6;1-3(2)4(5(6)7)11(8,9)10/h2-5H,8H2,1H3;3-5H,1-2H3,(H,8,9,10). The highest BCUT2D eigenvalue weighted by Crippen LogP contribution is 2.22. The van der Waals surface area contributed by atoms with E-state index in [0.717, 1.165) is 5.69 Å². The van der Waals surface area contributed by atoms with Gasteiger partial charge in [0, 0.05) is 5.69 Å². The Labute approximate surface area is 124 Å². The molecule has 0 saturated heterocycles. The van der Waals surface area contributed by atoms with Gasteiger partial charge in [-0.15, -0.1) is 23.2 Å². The largest absolute Gasteiger partial charge is 0.399 e. The van der Waals surface area contributed by atoms with Gasteiger partial charge in [-0.05, 0) is 25.0 Å². The second kappa shape index (κ2) is 7.94.